The van der Waals surface area contributed by atoms with Crippen LogP contribution in [-0.2, 0) is 16.1 Å². The van der Waals surface area contributed by atoms with Gasteiger partial charge in [-0.1, -0.05) is 65.1 Å². The van der Waals surface area contributed by atoms with Gasteiger partial charge in [0.05, 0.1) is 5.02 Å². The van der Waals surface area contributed by atoms with Crippen molar-refractivity contribution >= 4 is 50.9 Å². The Labute approximate surface area is 195 Å². The minimum atomic E-state index is -0.670. The zero-order chi connectivity index (χ0) is 22.3. The summed E-state index contributed by atoms with van der Waals surface area (Å²) in [6.45, 7) is 6.28. The predicted octanol–water partition coefficient (Wildman–Crippen LogP) is 5.32. The lowest BCUT2D eigenvalue weighted by molar-refractivity contribution is -0.142. The Morgan fingerprint density at radius 1 is 1.10 bits per heavy atom. The van der Waals surface area contributed by atoms with Crippen LogP contribution in [0.3, 0.4) is 0 Å². The highest BCUT2D eigenvalue weighted by atomic mass is 79.9. The number of hydrogen-bond acceptors (Lipinski definition) is 3. The van der Waals surface area contributed by atoms with E-state index in [4.69, 9.17) is 27.9 Å². The predicted molar refractivity (Wildman–Crippen MR) is 124 cm³/mol. The van der Waals surface area contributed by atoms with Gasteiger partial charge < -0.3 is 15.0 Å². The van der Waals surface area contributed by atoms with E-state index in [9.17, 15) is 9.59 Å². The second-order valence-corrected chi connectivity index (χ2v) is 9.09. The number of ether oxygens (including phenoxy) is 1. The number of halogens is 3. The van der Waals surface area contributed by atoms with E-state index in [1.54, 1.807) is 37.3 Å². The molecule has 30 heavy (non-hydrogen) atoms. The van der Waals surface area contributed by atoms with Crippen LogP contribution >= 0.6 is 39.1 Å². The summed E-state index contributed by atoms with van der Waals surface area (Å²) in [5.74, 6) is 0.171. The first-order valence-electron chi connectivity index (χ1n) is 9.57. The molecule has 0 aliphatic heterocycles. The molecule has 0 saturated carbocycles. The lowest BCUT2D eigenvalue weighted by Gasteiger charge is -2.29. The van der Waals surface area contributed by atoms with Crippen molar-refractivity contribution < 1.29 is 14.3 Å². The van der Waals surface area contributed by atoms with Crippen LogP contribution in [0.2, 0.25) is 10.0 Å². The number of benzene rings is 2. The van der Waals surface area contributed by atoms with Crippen LogP contribution in [0, 0.1) is 5.92 Å². The number of rotatable bonds is 9. The molecule has 162 valence electrons. The van der Waals surface area contributed by atoms with Gasteiger partial charge >= 0.3 is 0 Å². The molecule has 0 spiro atoms. The lowest BCUT2D eigenvalue weighted by atomic mass is 10.1. The molecule has 2 aromatic rings. The van der Waals surface area contributed by atoms with Gasteiger partial charge in [-0.3, -0.25) is 9.59 Å². The Morgan fingerprint density at radius 2 is 1.77 bits per heavy atom. The average Bonchev–Trinajstić information content (AvgIpc) is 2.70. The number of nitrogens with zero attached hydrogens (tertiary/aromatic N) is 1. The van der Waals surface area contributed by atoms with E-state index in [0.717, 1.165) is 10.0 Å². The van der Waals surface area contributed by atoms with Crippen molar-refractivity contribution in [3.05, 3.63) is 62.5 Å². The van der Waals surface area contributed by atoms with Gasteiger partial charge in [0.25, 0.3) is 5.91 Å². The summed E-state index contributed by atoms with van der Waals surface area (Å²) in [6.07, 6.45) is 0. The van der Waals surface area contributed by atoms with E-state index >= 15 is 0 Å². The fourth-order valence-electron chi connectivity index (χ4n) is 2.64. The third kappa shape index (κ3) is 7.49. The highest BCUT2D eigenvalue weighted by Gasteiger charge is 2.26. The molecule has 1 atom stereocenters. The van der Waals surface area contributed by atoms with Crippen LogP contribution in [0.25, 0.3) is 0 Å². The molecule has 1 N–H and O–H groups in total. The first-order chi connectivity index (χ1) is 14.2. The van der Waals surface area contributed by atoms with Crippen molar-refractivity contribution in [2.45, 2.75) is 33.4 Å². The molecule has 2 rings (SSSR count). The summed E-state index contributed by atoms with van der Waals surface area (Å²) in [5.41, 5.74) is 0.859. The van der Waals surface area contributed by atoms with Crippen molar-refractivity contribution in [2.24, 2.45) is 5.92 Å². The van der Waals surface area contributed by atoms with Gasteiger partial charge in [-0.2, -0.15) is 0 Å². The zero-order valence-corrected chi connectivity index (χ0v) is 20.2. The largest absolute Gasteiger partial charge is 0.482 e. The Morgan fingerprint density at radius 3 is 2.37 bits per heavy atom. The molecule has 0 saturated heterocycles. The third-order valence-electron chi connectivity index (χ3n) is 4.36. The fourth-order valence-corrected chi connectivity index (χ4v) is 3.49. The van der Waals surface area contributed by atoms with Gasteiger partial charge in [-0.25, -0.2) is 0 Å². The third-order valence-corrected chi connectivity index (χ3v) is 5.40. The van der Waals surface area contributed by atoms with Gasteiger partial charge in [0.2, 0.25) is 5.91 Å². The van der Waals surface area contributed by atoms with Crippen LogP contribution in [-0.4, -0.2) is 35.9 Å². The van der Waals surface area contributed by atoms with Gasteiger partial charge in [0.15, 0.2) is 6.61 Å². The van der Waals surface area contributed by atoms with Crippen LogP contribution in [0.5, 0.6) is 5.75 Å². The number of amides is 2. The molecule has 0 heterocycles. The first kappa shape index (κ1) is 24.5. The Hall–Kier alpha value is -1.76. The van der Waals surface area contributed by atoms with Gasteiger partial charge in [-0.15, -0.1) is 0 Å². The van der Waals surface area contributed by atoms with E-state index in [2.05, 4.69) is 21.2 Å². The molecule has 0 bridgehead atoms. The molecule has 0 aliphatic rings. The molecular weight excluding hydrogens is 491 g/mol. The van der Waals surface area contributed by atoms with E-state index < -0.39 is 6.04 Å². The molecule has 2 amide bonds. The van der Waals surface area contributed by atoms with Crippen LogP contribution < -0.4 is 10.1 Å². The van der Waals surface area contributed by atoms with E-state index in [0.29, 0.717) is 28.3 Å². The number of hydrogen-bond donors (Lipinski definition) is 1. The molecule has 2 aromatic carbocycles. The molecule has 0 aromatic heterocycles. The highest BCUT2D eigenvalue weighted by Crippen LogP contribution is 2.27. The summed E-state index contributed by atoms with van der Waals surface area (Å²) in [4.78, 5) is 27.1. The van der Waals surface area contributed by atoms with E-state index in [-0.39, 0.29) is 25.0 Å². The number of carbonyl (C=O) groups excluding carboxylic acids is 2. The average molecular weight is 516 g/mol. The van der Waals surface area contributed by atoms with Crippen LogP contribution in [0.1, 0.15) is 26.3 Å². The Bertz CT molecular complexity index is 875. The maximum Gasteiger partial charge on any atom is 0.261 e. The minimum Gasteiger partial charge on any atom is -0.482 e. The standard InChI is InChI=1S/C22H25BrCl2N2O3/c1-14(2)11-26-22(29)15(3)27(12-16-4-7-18(24)8-5-16)21(28)13-30-20-9-6-17(23)10-19(20)25/h4-10,14-15H,11-13H2,1-3H3,(H,26,29)/t15-/m0/s1. The van der Waals surface area contributed by atoms with Gasteiger partial charge in [0.1, 0.15) is 11.8 Å². The maximum absolute atomic E-state index is 13.0. The van der Waals surface area contributed by atoms with Crippen molar-refractivity contribution in [1.29, 1.82) is 0 Å². The van der Waals surface area contributed by atoms with Crippen molar-refractivity contribution in [1.82, 2.24) is 10.2 Å². The smallest absolute Gasteiger partial charge is 0.261 e. The SMILES string of the molecule is CC(C)CNC(=O)[C@H](C)N(Cc1ccc(Cl)cc1)C(=O)COc1ccc(Br)cc1Cl. The highest BCUT2D eigenvalue weighted by molar-refractivity contribution is 9.10. The minimum absolute atomic E-state index is 0.215. The molecule has 0 radical (unpaired) electrons. The summed E-state index contributed by atoms with van der Waals surface area (Å²) >= 11 is 15.5. The van der Waals surface area contributed by atoms with E-state index in [1.807, 2.05) is 26.0 Å². The quantitative estimate of drug-likeness (QED) is 0.491. The summed E-state index contributed by atoms with van der Waals surface area (Å²) in [7, 11) is 0. The Kier molecular flexibility index (Phi) is 9.46. The second-order valence-electron chi connectivity index (χ2n) is 7.33. The molecule has 0 unspecified atom stereocenters. The monoisotopic (exact) mass is 514 g/mol. The van der Waals surface area contributed by atoms with Crippen molar-refractivity contribution in [3.63, 3.8) is 0 Å². The normalized spacial score (nSPS) is 11.8. The fraction of sp³-hybridized carbons (Fsp3) is 0.364. The van der Waals surface area contributed by atoms with Crippen molar-refractivity contribution in [3.8, 4) is 5.75 Å². The van der Waals surface area contributed by atoms with Gasteiger partial charge in [0, 0.05) is 22.6 Å². The summed E-state index contributed by atoms with van der Waals surface area (Å²) in [6, 6.07) is 11.6. The summed E-state index contributed by atoms with van der Waals surface area (Å²) in [5, 5.41) is 3.88. The Balaban J connectivity index is 2.14. The molecular formula is C22H25BrCl2N2O3. The zero-order valence-electron chi connectivity index (χ0n) is 17.1. The van der Waals surface area contributed by atoms with Crippen LogP contribution in [0.15, 0.2) is 46.9 Å². The lowest BCUT2D eigenvalue weighted by Crippen LogP contribution is -2.49. The maximum atomic E-state index is 13.0. The van der Waals surface area contributed by atoms with Crippen LogP contribution in [0.4, 0.5) is 0 Å². The molecule has 0 aliphatic carbocycles. The molecule has 8 heteroatoms. The first-order valence-corrected chi connectivity index (χ1v) is 11.1. The second kappa shape index (κ2) is 11.6. The van der Waals surface area contributed by atoms with Crippen molar-refractivity contribution in [2.75, 3.05) is 13.2 Å². The number of nitrogens with one attached hydrogen (secondary N) is 1. The molecule has 5 nitrogen and oxygen atoms in total. The van der Waals surface area contributed by atoms with Gasteiger partial charge in [-0.05, 0) is 48.7 Å². The molecule has 0 fully saturated rings. The topological polar surface area (TPSA) is 58.6 Å². The van der Waals surface area contributed by atoms with E-state index in [1.165, 1.54) is 4.90 Å². The summed E-state index contributed by atoms with van der Waals surface area (Å²) < 4.78 is 6.43. The number of carbonyl (C=O) groups is 2.